The molecule has 3 aliphatic rings. The fourth-order valence-corrected chi connectivity index (χ4v) is 7.78. The van der Waals surface area contributed by atoms with E-state index in [4.69, 9.17) is 9.47 Å². The van der Waals surface area contributed by atoms with Gasteiger partial charge in [0.1, 0.15) is 5.60 Å². The van der Waals surface area contributed by atoms with Crippen LogP contribution in [0.15, 0.2) is 34.9 Å². The van der Waals surface area contributed by atoms with Gasteiger partial charge in [-0.2, -0.15) is 0 Å². The van der Waals surface area contributed by atoms with Gasteiger partial charge in [-0.25, -0.2) is 4.79 Å². The highest BCUT2D eigenvalue weighted by Crippen LogP contribution is 2.44. The van der Waals surface area contributed by atoms with E-state index in [0.717, 1.165) is 65.6 Å². The van der Waals surface area contributed by atoms with Crippen LogP contribution in [0.2, 0.25) is 0 Å². The summed E-state index contributed by atoms with van der Waals surface area (Å²) in [6.07, 6.45) is 5.08. The number of rotatable bonds is 6. The van der Waals surface area contributed by atoms with Gasteiger partial charge in [0.2, 0.25) is 5.78 Å². The molecule has 7 nitrogen and oxygen atoms in total. The predicted octanol–water partition coefficient (Wildman–Crippen LogP) is 7.15. The third-order valence-electron chi connectivity index (χ3n) is 8.31. The minimum atomic E-state index is -0.572. The number of carbonyl (C=O) groups excluding carboxylic acids is 3. The Morgan fingerprint density at radius 2 is 1.88 bits per heavy atom. The second kappa shape index (κ2) is 13.7. The van der Waals surface area contributed by atoms with Gasteiger partial charge >= 0.3 is 6.09 Å². The summed E-state index contributed by atoms with van der Waals surface area (Å²) in [5.74, 6) is 5.62. The fourth-order valence-electron chi connectivity index (χ4n) is 6.21. The zero-order chi connectivity index (χ0) is 31.5. The molecule has 1 amide bonds. The van der Waals surface area contributed by atoms with Gasteiger partial charge in [-0.15, -0.1) is 11.3 Å². The summed E-state index contributed by atoms with van der Waals surface area (Å²) in [7, 11) is 0. The number of likely N-dealkylation sites (tertiary alicyclic amines) is 1. The molecule has 2 fully saturated rings. The molecule has 0 bridgehead atoms. The molecule has 8 heteroatoms. The van der Waals surface area contributed by atoms with Gasteiger partial charge in [0.05, 0.1) is 10.6 Å². The van der Waals surface area contributed by atoms with E-state index in [1.165, 1.54) is 0 Å². The lowest BCUT2D eigenvalue weighted by atomic mass is 9.96. The van der Waals surface area contributed by atoms with Crippen molar-refractivity contribution in [2.45, 2.75) is 98.1 Å². The molecule has 3 heterocycles. The van der Waals surface area contributed by atoms with Crippen molar-refractivity contribution in [1.29, 1.82) is 0 Å². The Morgan fingerprint density at radius 3 is 2.53 bits per heavy atom. The lowest BCUT2D eigenvalue weighted by Gasteiger charge is -2.34. The van der Waals surface area contributed by atoms with E-state index in [2.05, 4.69) is 30.2 Å². The first-order chi connectivity index (χ1) is 20.3. The molecule has 1 aromatic rings. The Balaban J connectivity index is 1.67. The molecule has 1 aliphatic carbocycles. The summed E-state index contributed by atoms with van der Waals surface area (Å²) in [5, 5.41) is 1.10. The molecule has 4 rings (SSSR count). The molecule has 232 valence electrons. The van der Waals surface area contributed by atoms with Crippen LogP contribution in [0.5, 0.6) is 0 Å². The Hall–Kier alpha value is -3.15. The fraction of sp³-hybridized carbons (Fsp3) is 0.571. The first-order valence-electron chi connectivity index (χ1n) is 15.4. The summed E-state index contributed by atoms with van der Waals surface area (Å²) < 4.78 is 11.3. The highest BCUT2D eigenvalue weighted by atomic mass is 32.1. The van der Waals surface area contributed by atoms with Crippen molar-refractivity contribution < 1.29 is 23.9 Å². The van der Waals surface area contributed by atoms with Crippen LogP contribution in [0.4, 0.5) is 9.80 Å². The second-order valence-electron chi connectivity index (χ2n) is 12.9. The normalized spacial score (nSPS) is 20.0. The average molecular weight is 607 g/mol. The van der Waals surface area contributed by atoms with E-state index in [1.807, 2.05) is 47.6 Å². The van der Waals surface area contributed by atoms with Crippen LogP contribution >= 0.6 is 11.3 Å². The van der Waals surface area contributed by atoms with Crippen molar-refractivity contribution in [3.05, 3.63) is 51.0 Å². The van der Waals surface area contributed by atoms with Crippen LogP contribution in [-0.2, 0) is 14.3 Å². The number of anilines is 1. The first-order valence-corrected chi connectivity index (χ1v) is 16.2. The van der Waals surface area contributed by atoms with Crippen molar-refractivity contribution in [3.63, 3.8) is 0 Å². The number of amides is 1. The quantitative estimate of drug-likeness (QED) is 0.148. The lowest BCUT2D eigenvalue weighted by molar-refractivity contribution is -0.112. The average Bonchev–Trinajstić information content (AvgIpc) is 3.54. The monoisotopic (exact) mass is 606 g/mol. The van der Waals surface area contributed by atoms with Crippen molar-refractivity contribution in [2.75, 3.05) is 37.7 Å². The Kier molecular flexibility index (Phi) is 10.4. The van der Waals surface area contributed by atoms with Crippen LogP contribution in [0, 0.1) is 18.8 Å². The first kappa shape index (κ1) is 32.8. The van der Waals surface area contributed by atoms with Gasteiger partial charge in [0.15, 0.2) is 5.78 Å². The zero-order valence-corrected chi connectivity index (χ0v) is 27.7. The number of hydrogen-bond donors (Lipinski definition) is 0. The van der Waals surface area contributed by atoms with E-state index >= 15 is 0 Å². The van der Waals surface area contributed by atoms with E-state index in [9.17, 15) is 14.4 Å². The maximum Gasteiger partial charge on any atom is 0.410 e. The summed E-state index contributed by atoms with van der Waals surface area (Å²) in [5.41, 5.74) is 4.13. The molecule has 1 unspecified atom stereocenters. The number of ketones is 2. The van der Waals surface area contributed by atoms with Crippen molar-refractivity contribution >= 4 is 34.0 Å². The maximum absolute atomic E-state index is 13.9. The number of thiophene rings is 1. The third-order valence-corrected chi connectivity index (χ3v) is 9.80. The number of nitrogens with zero attached hydrogens (tertiary/aromatic N) is 2. The minimum absolute atomic E-state index is 0.0175. The molecule has 43 heavy (non-hydrogen) atoms. The molecule has 1 aromatic heterocycles. The highest BCUT2D eigenvalue weighted by molar-refractivity contribution is 7.16. The van der Waals surface area contributed by atoms with Crippen LogP contribution in [0.1, 0.15) is 100 Å². The van der Waals surface area contributed by atoms with Crippen LogP contribution in [0.3, 0.4) is 0 Å². The highest BCUT2D eigenvalue weighted by Gasteiger charge is 2.36. The Morgan fingerprint density at radius 1 is 1.19 bits per heavy atom. The molecule has 2 aliphatic heterocycles. The minimum Gasteiger partial charge on any atom is -0.444 e. The van der Waals surface area contributed by atoms with E-state index in [1.54, 1.807) is 16.2 Å². The zero-order valence-electron chi connectivity index (χ0n) is 26.9. The standard InChI is InChI=1S/C35H46N2O5S/c1-9-37(27-14-17-41-18-15-27)33-25(5)30(32(43-33)26-13-16-36(21-26)34(40)42-35(6,7)8)29(38)12-10-11-28-23(3)19-22(2)20-24(4)31(28)39/h19,26-27H,4,9,11,13-18,20-21H2,1-3,5-8H3. The van der Waals surface area contributed by atoms with Crippen LogP contribution < -0.4 is 4.90 Å². The SMILES string of the molecule is C=C1CC(C)=CC(C)=C(CC#CC(=O)c2c(C3CCN(C(=O)OC(C)(C)C)C3)sc(N(CC)C3CCOCC3)c2C)C1=O. The molecular formula is C35H46N2O5S. The van der Waals surface area contributed by atoms with Gasteiger partial charge in [-0.1, -0.05) is 24.1 Å². The molecule has 0 aromatic carbocycles. The number of hydrogen-bond acceptors (Lipinski definition) is 7. The second-order valence-corrected chi connectivity index (χ2v) is 13.9. The van der Waals surface area contributed by atoms with Crippen molar-refractivity contribution in [3.8, 4) is 11.8 Å². The maximum atomic E-state index is 13.9. The molecule has 1 atom stereocenters. The van der Waals surface area contributed by atoms with Crippen molar-refractivity contribution in [2.24, 2.45) is 0 Å². The van der Waals surface area contributed by atoms with Gasteiger partial charge < -0.3 is 19.3 Å². The Labute approximate surface area is 261 Å². The van der Waals surface area contributed by atoms with Gasteiger partial charge in [0.25, 0.3) is 0 Å². The number of ether oxygens (including phenoxy) is 2. The van der Waals surface area contributed by atoms with Crippen molar-refractivity contribution in [1.82, 2.24) is 4.90 Å². The molecule has 2 saturated heterocycles. The van der Waals surface area contributed by atoms with Crippen LogP contribution in [0.25, 0.3) is 0 Å². The molecule has 0 radical (unpaired) electrons. The summed E-state index contributed by atoms with van der Waals surface area (Å²) in [6, 6.07) is 0.348. The van der Waals surface area contributed by atoms with Crippen LogP contribution in [-0.4, -0.2) is 67.1 Å². The third kappa shape index (κ3) is 7.69. The lowest BCUT2D eigenvalue weighted by Crippen LogP contribution is -2.39. The summed E-state index contributed by atoms with van der Waals surface area (Å²) >= 11 is 1.67. The van der Waals surface area contributed by atoms with Gasteiger partial charge in [0, 0.05) is 61.7 Å². The van der Waals surface area contributed by atoms with E-state index in [-0.39, 0.29) is 30.0 Å². The number of carbonyl (C=O) groups is 3. The summed E-state index contributed by atoms with van der Waals surface area (Å²) in [4.78, 5) is 44.9. The molecule has 0 N–H and O–H groups in total. The Bertz CT molecular complexity index is 1410. The molecule has 0 saturated carbocycles. The number of allylic oxidation sites excluding steroid dienone is 5. The predicted molar refractivity (Wildman–Crippen MR) is 173 cm³/mol. The summed E-state index contributed by atoms with van der Waals surface area (Å²) in [6.45, 7) is 21.0. The van der Waals surface area contributed by atoms with Gasteiger partial charge in [-0.05, 0) is 96.8 Å². The number of Topliss-reactive ketones (excluding diaryl/α,β-unsaturated/α-hetero) is 2. The van der Waals surface area contributed by atoms with E-state index < -0.39 is 5.60 Å². The molecule has 0 spiro atoms. The largest absolute Gasteiger partial charge is 0.444 e. The van der Waals surface area contributed by atoms with E-state index in [0.29, 0.717) is 42.3 Å². The molecular weight excluding hydrogens is 560 g/mol. The van der Waals surface area contributed by atoms with Gasteiger partial charge in [-0.3, -0.25) is 9.59 Å². The topological polar surface area (TPSA) is 76.2 Å². The smallest absolute Gasteiger partial charge is 0.410 e.